The van der Waals surface area contributed by atoms with E-state index in [9.17, 15) is 13.2 Å². The highest BCUT2D eigenvalue weighted by Gasteiger charge is 2.17. The SMILES string of the molecule is COCCNC(=O)CNS(=O)(=O)c1cnc(Cl)c(Cl)c1. The number of amides is 1. The van der Waals surface area contributed by atoms with Crippen LogP contribution in [-0.2, 0) is 19.6 Å². The summed E-state index contributed by atoms with van der Waals surface area (Å²) in [4.78, 5) is 14.8. The van der Waals surface area contributed by atoms with Crippen LogP contribution in [0.1, 0.15) is 0 Å². The minimum atomic E-state index is -3.87. The molecule has 0 aliphatic carbocycles. The molecule has 2 N–H and O–H groups in total. The van der Waals surface area contributed by atoms with E-state index in [1.165, 1.54) is 7.11 Å². The summed E-state index contributed by atoms with van der Waals surface area (Å²) >= 11 is 11.3. The Morgan fingerprint density at radius 1 is 1.45 bits per heavy atom. The molecule has 0 aliphatic rings. The summed E-state index contributed by atoms with van der Waals surface area (Å²) < 4.78 is 30.6. The number of pyridine rings is 1. The fourth-order valence-electron chi connectivity index (χ4n) is 1.15. The lowest BCUT2D eigenvalue weighted by atomic mass is 10.5. The average molecular weight is 342 g/mol. The van der Waals surface area contributed by atoms with E-state index in [1.807, 2.05) is 0 Å². The number of sulfonamides is 1. The van der Waals surface area contributed by atoms with Crippen molar-refractivity contribution in [1.29, 1.82) is 0 Å². The predicted octanol–water partition coefficient (Wildman–Crippen LogP) is 0.429. The third-order valence-electron chi connectivity index (χ3n) is 2.13. The maximum absolute atomic E-state index is 11.9. The molecule has 0 aliphatic heterocycles. The maximum Gasteiger partial charge on any atom is 0.242 e. The van der Waals surface area contributed by atoms with E-state index in [-0.39, 0.29) is 15.1 Å². The lowest BCUT2D eigenvalue weighted by molar-refractivity contribution is -0.120. The molecular weight excluding hydrogens is 329 g/mol. The standard InChI is InChI=1S/C10H13Cl2N3O4S/c1-19-3-2-13-9(16)6-15-20(17,18)7-4-8(11)10(12)14-5-7/h4-5,15H,2-3,6H2,1H3,(H,13,16). The van der Waals surface area contributed by atoms with Crippen LogP contribution in [0, 0.1) is 0 Å². The Kier molecular flexibility index (Phi) is 6.63. The summed E-state index contributed by atoms with van der Waals surface area (Å²) in [6.45, 7) is 0.243. The first-order valence-electron chi connectivity index (χ1n) is 5.43. The van der Waals surface area contributed by atoms with E-state index in [0.29, 0.717) is 13.2 Å². The van der Waals surface area contributed by atoms with Crippen LogP contribution in [0.2, 0.25) is 10.2 Å². The van der Waals surface area contributed by atoms with E-state index < -0.39 is 22.5 Å². The van der Waals surface area contributed by atoms with E-state index in [4.69, 9.17) is 27.9 Å². The number of halogens is 2. The van der Waals surface area contributed by atoms with Crippen molar-refractivity contribution in [1.82, 2.24) is 15.0 Å². The molecule has 1 aromatic rings. The first kappa shape index (κ1) is 17.1. The van der Waals surface area contributed by atoms with Crippen molar-refractivity contribution >= 4 is 39.1 Å². The summed E-state index contributed by atoms with van der Waals surface area (Å²) in [6.07, 6.45) is 1.05. The van der Waals surface area contributed by atoms with Gasteiger partial charge >= 0.3 is 0 Å². The molecule has 20 heavy (non-hydrogen) atoms. The van der Waals surface area contributed by atoms with Crippen molar-refractivity contribution in [3.05, 3.63) is 22.4 Å². The van der Waals surface area contributed by atoms with Crippen molar-refractivity contribution in [2.24, 2.45) is 0 Å². The molecule has 0 saturated heterocycles. The number of carbonyl (C=O) groups is 1. The van der Waals surface area contributed by atoms with Gasteiger partial charge in [-0.3, -0.25) is 4.79 Å². The van der Waals surface area contributed by atoms with E-state index in [1.54, 1.807) is 0 Å². The Hall–Kier alpha value is -0.930. The molecule has 0 spiro atoms. The number of methoxy groups -OCH3 is 1. The molecule has 0 fully saturated rings. The van der Waals surface area contributed by atoms with Crippen molar-refractivity contribution in [2.45, 2.75) is 4.90 Å². The van der Waals surface area contributed by atoms with Crippen LogP contribution >= 0.6 is 23.2 Å². The molecule has 0 bridgehead atoms. The van der Waals surface area contributed by atoms with Crippen LogP contribution in [0.15, 0.2) is 17.2 Å². The largest absolute Gasteiger partial charge is 0.383 e. The molecular formula is C10H13Cl2N3O4S. The van der Waals surface area contributed by atoms with Gasteiger partial charge in [0.25, 0.3) is 0 Å². The smallest absolute Gasteiger partial charge is 0.242 e. The number of ether oxygens (including phenoxy) is 1. The highest BCUT2D eigenvalue weighted by Crippen LogP contribution is 2.21. The molecule has 0 saturated carbocycles. The topological polar surface area (TPSA) is 97.4 Å². The molecule has 7 nitrogen and oxygen atoms in total. The Bertz CT molecular complexity index is 580. The summed E-state index contributed by atoms with van der Waals surface area (Å²) in [5.74, 6) is -0.473. The molecule has 1 amide bonds. The average Bonchev–Trinajstić information content (AvgIpc) is 2.40. The van der Waals surface area contributed by atoms with Gasteiger partial charge in [-0.05, 0) is 6.07 Å². The summed E-state index contributed by atoms with van der Waals surface area (Å²) in [5, 5.41) is 2.49. The number of nitrogens with one attached hydrogen (secondary N) is 2. The number of hydrogen-bond acceptors (Lipinski definition) is 5. The maximum atomic E-state index is 11.9. The van der Waals surface area contributed by atoms with Crippen LogP contribution in [0.4, 0.5) is 0 Å². The molecule has 0 radical (unpaired) electrons. The zero-order chi connectivity index (χ0) is 15.2. The van der Waals surface area contributed by atoms with Crippen molar-refractivity contribution in [3.63, 3.8) is 0 Å². The van der Waals surface area contributed by atoms with Gasteiger partial charge in [0.1, 0.15) is 10.0 Å². The molecule has 0 aromatic carbocycles. The van der Waals surface area contributed by atoms with Gasteiger partial charge < -0.3 is 10.1 Å². The fourth-order valence-corrected chi connectivity index (χ4v) is 2.44. The van der Waals surface area contributed by atoms with Crippen LogP contribution in [0.25, 0.3) is 0 Å². The van der Waals surface area contributed by atoms with Gasteiger partial charge in [-0.25, -0.2) is 18.1 Å². The summed E-state index contributed by atoms with van der Waals surface area (Å²) in [7, 11) is -2.38. The van der Waals surface area contributed by atoms with Crippen LogP contribution in [0.3, 0.4) is 0 Å². The number of rotatable bonds is 7. The molecule has 0 unspecified atom stereocenters. The van der Waals surface area contributed by atoms with Gasteiger partial charge in [-0.15, -0.1) is 0 Å². The number of carbonyl (C=O) groups excluding carboxylic acids is 1. The molecule has 112 valence electrons. The zero-order valence-corrected chi connectivity index (χ0v) is 12.8. The zero-order valence-electron chi connectivity index (χ0n) is 10.5. The van der Waals surface area contributed by atoms with Crippen LogP contribution in [-0.4, -0.2) is 46.1 Å². The van der Waals surface area contributed by atoms with Gasteiger partial charge in [-0.1, -0.05) is 23.2 Å². The van der Waals surface area contributed by atoms with Crippen molar-refractivity contribution in [2.75, 3.05) is 26.8 Å². The third-order valence-corrected chi connectivity index (χ3v) is 4.19. The van der Waals surface area contributed by atoms with Crippen LogP contribution in [0.5, 0.6) is 0 Å². The molecule has 1 rings (SSSR count). The van der Waals surface area contributed by atoms with Crippen molar-refractivity contribution in [3.8, 4) is 0 Å². The van der Waals surface area contributed by atoms with Gasteiger partial charge in [0.2, 0.25) is 15.9 Å². The van der Waals surface area contributed by atoms with Gasteiger partial charge in [0, 0.05) is 19.9 Å². The van der Waals surface area contributed by atoms with Gasteiger partial charge in [0.15, 0.2) is 0 Å². The highest BCUT2D eigenvalue weighted by molar-refractivity contribution is 7.89. The van der Waals surface area contributed by atoms with Gasteiger partial charge in [-0.2, -0.15) is 0 Å². The molecule has 1 aromatic heterocycles. The van der Waals surface area contributed by atoms with E-state index in [2.05, 4.69) is 15.0 Å². The predicted molar refractivity (Wildman–Crippen MR) is 74.3 cm³/mol. The summed E-state index contributed by atoms with van der Waals surface area (Å²) in [6, 6.07) is 1.15. The van der Waals surface area contributed by atoms with Crippen LogP contribution < -0.4 is 10.0 Å². The second-order valence-electron chi connectivity index (χ2n) is 3.61. The highest BCUT2D eigenvalue weighted by atomic mass is 35.5. The first-order chi connectivity index (χ1) is 9.36. The Balaban J connectivity index is 2.61. The molecule has 10 heteroatoms. The Morgan fingerprint density at radius 2 is 2.15 bits per heavy atom. The number of nitrogens with zero attached hydrogens (tertiary/aromatic N) is 1. The van der Waals surface area contributed by atoms with Gasteiger partial charge in [0.05, 0.1) is 18.2 Å². The quantitative estimate of drug-likeness (QED) is 0.553. The third kappa shape index (κ3) is 5.22. The lowest BCUT2D eigenvalue weighted by Gasteiger charge is -2.08. The monoisotopic (exact) mass is 341 g/mol. The second kappa shape index (κ2) is 7.75. The minimum Gasteiger partial charge on any atom is -0.383 e. The molecule has 0 atom stereocenters. The molecule has 1 heterocycles. The van der Waals surface area contributed by atoms with Crippen molar-refractivity contribution < 1.29 is 17.9 Å². The Labute approximate surface area is 126 Å². The first-order valence-corrected chi connectivity index (χ1v) is 7.67. The lowest BCUT2D eigenvalue weighted by Crippen LogP contribution is -2.38. The normalized spacial score (nSPS) is 11.3. The number of hydrogen-bond donors (Lipinski definition) is 2. The minimum absolute atomic E-state index is 0.00271. The number of aromatic nitrogens is 1. The van der Waals surface area contributed by atoms with E-state index >= 15 is 0 Å². The second-order valence-corrected chi connectivity index (χ2v) is 6.14. The fraction of sp³-hybridized carbons (Fsp3) is 0.400. The van der Waals surface area contributed by atoms with E-state index in [0.717, 1.165) is 12.3 Å². The Morgan fingerprint density at radius 3 is 2.75 bits per heavy atom. The summed E-state index contributed by atoms with van der Waals surface area (Å²) in [5.41, 5.74) is 0.